The molecule has 7 heteroatoms. The van der Waals surface area contributed by atoms with E-state index in [2.05, 4.69) is 45.9 Å². The number of nitrogens with zero attached hydrogens (tertiary/aromatic N) is 2. The first-order valence-corrected chi connectivity index (χ1v) is 12.1. The van der Waals surface area contributed by atoms with Gasteiger partial charge in [0.1, 0.15) is 0 Å². The lowest BCUT2D eigenvalue weighted by molar-refractivity contribution is 0.00377. The van der Waals surface area contributed by atoms with Gasteiger partial charge in [0.2, 0.25) is 0 Å². The van der Waals surface area contributed by atoms with Gasteiger partial charge in [0.25, 0.3) is 0 Å². The molecule has 0 radical (unpaired) electrons. The molecule has 5 rings (SSSR count). The minimum atomic E-state index is -0.341. The van der Waals surface area contributed by atoms with E-state index in [0.29, 0.717) is 12.2 Å². The minimum Gasteiger partial charge on any atom is -0.465 e. The lowest BCUT2D eigenvalue weighted by atomic mass is 9.80. The van der Waals surface area contributed by atoms with Crippen molar-refractivity contribution in [2.45, 2.75) is 56.9 Å². The van der Waals surface area contributed by atoms with Crippen LogP contribution < -0.4 is 5.32 Å². The SMILES string of the molecule is COC(=O)c1cccc(CO[C@H]2CC[C@H](C(CC3c4ccccc4C4=CNCN43)N=O)CC2)c1. The normalized spacial score (nSPS) is 24.0. The van der Waals surface area contributed by atoms with Crippen LogP contribution in [0.5, 0.6) is 0 Å². The molecular formula is C27H31N3O4. The molecule has 0 amide bonds. The van der Waals surface area contributed by atoms with Gasteiger partial charge in [0.15, 0.2) is 0 Å². The lowest BCUT2D eigenvalue weighted by Crippen LogP contribution is -2.32. The summed E-state index contributed by atoms with van der Waals surface area (Å²) in [5.41, 5.74) is 5.27. The second kappa shape index (κ2) is 9.97. The predicted octanol–water partition coefficient (Wildman–Crippen LogP) is 4.99. The van der Waals surface area contributed by atoms with E-state index < -0.39 is 0 Å². The highest BCUT2D eigenvalue weighted by Crippen LogP contribution is 2.46. The van der Waals surface area contributed by atoms with Gasteiger partial charge in [0.05, 0.1) is 49.8 Å². The summed E-state index contributed by atoms with van der Waals surface area (Å²) >= 11 is 0. The van der Waals surface area contributed by atoms with Gasteiger partial charge in [-0.15, -0.1) is 0 Å². The zero-order valence-corrected chi connectivity index (χ0v) is 19.5. The fraction of sp³-hybridized carbons (Fsp3) is 0.444. The van der Waals surface area contributed by atoms with Crippen molar-refractivity contribution < 1.29 is 14.3 Å². The number of esters is 1. The van der Waals surface area contributed by atoms with Crippen LogP contribution in [0.15, 0.2) is 59.9 Å². The van der Waals surface area contributed by atoms with Gasteiger partial charge in [-0.2, -0.15) is 4.91 Å². The van der Waals surface area contributed by atoms with Crippen LogP contribution in [0.4, 0.5) is 0 Å². The van der Waals surface area contributed by atoms with Crippen LogP contribution >= 0.6 is 0 Å². The van der Waals surface area contributed by atoms with Crippen LogP contribution in [0.2, 0.25) is 0 Å². The Labute approximate surface area is 200 Å². The second-order valence-corrected chi connectivity index (χ2v) is 9.41. The number of fused-ring (bicyclic) bond motifs is 3. The van der Waals surface area contributed by atoms with Crippen LogP contribution in [0.1, 0.15) is 65.2 Å². The van der Waals surface area contributed by atoms with Gasteiger partial charge in [-0.05, 0) is 61.3 Å². The Kier molecular flexibility index (Phi) is 6.63. The highest BCUT2D eigenvalue weighted by atomic mass is 16.5. The summed E-state index contributed by atoms with van der Waals surface area (Å²) in [6, 6.07) is 15.8. The fourth-order valence-electron chi connectivity index (χ4n) is 5.67. The van der Waals surface area contributed by atoms with E-state index >= 15 is 0 Å². The molecule has 7 nitrogen and oxygen atoms in total. The first-order valence-electron chi connectivity index (χ1n) is 12.1. The summed E-state index contributed by atoms with van der Waals surface area (Å²) < 4.78 is 10.9. The smallest absolute Gasteiger partial charge is 0.337 e. The molecule has 2 aromatic carbocycles. The zero-order valence-electron chi connectivity index (χ0n) is 19.5. The van der Waals surface area contributed by atoms with Gasteiger partial charge in [-0.25, -0.2) is 4.79 Å². The number of carbonyl (C=O) groups excluding carboxylic acids is 1. The Morgan fingerprint density at radius 2 is 1.97 bits per heavy atom. The highest BCUT2D eigenvalue weighted by molar-refractivity contribution is 5.89. The molecule has 1 aliphatic carbocycles. The molecule has 1 saturated carbocycles. The molecule has 0 bridgehead atoms. The van der Waals surface area contributed by atoms with E-state index in [0.717, 1.165) is 44.3 Å². The molecule has 3 aliphatic rings. The van der Waals surface area contributed by atoms with Gasteiger partial charge in [-0.3, -0.25) is 0 Å². The summed E-state index contributed by atoms with van der Waals surface area (Å²) in [5, 5.41) is 6.94. The molecule has 2 aromatic rings. The molecule has 0 saturated heterocycles. The summed E-state index contributed by atoms with van der Waals surface area (Å²) in [6.07, 6.45) is 6.71. The molecule has 1 N–H and O–H groups in total. The van der Waals surface area contributed by atoms with E-state index in [1.807, 2.05) is 18.2 Å². The van der Waals surface area contributed by atoms with Crippen LogP contribution in [0.3, 0.4) is 0 Å². The van der Waals surface area contributed by atoms with E-state index in [9.17, 15) is 9.70 Å². The van der Waals surface area contributed by atoms with E-state index in [4.69, 9.17) is 9.47 Å². The van der Waals surface area contributed by atoms with Crippen molar-refractivity contribution in [3.05, 3.63) is 81.9 Å². The summed E-state index contributed by atoms with van der Waals surface area (Å²) in [6.45, 7) is 1.24. The summed E-state index contributed by atoms with van der Waals surface area (Å²) in [7, 11) is 1.38. The third-order valence-electron chi connectivity index (χ3n) is 7.48. The number of nitrogens with one attached hydrogen (secondary N) is 1. The zero-order chi connectivity index (χ0) is 23.5. The lowest BCUT2D eigenvalue weighted by Gasteiger charge is -2.33. The maximum atomic E-state index is 11.9. The van der Waals surface area contributed by atoms with Crippen molar-refractivity contribution >= 4 is 11.7 Å². The van der Waals surface area contributed by atoms with E-state index in [1.165, 1.54) is 23.9 Å². The van der Waals surface area contributed by atoms with Crippen LogP contribution in [0, 0.1) is 10.8 Å². The van der Waals surface area contributed by atoms with Crippen molar-refractivity contribution in [1.82, 2.24) is 10.2 Å². The van der Waals surface area contributed by atoms with Crippen molar-refractivity contribution in [3.8, 4) is 0 Å². The Hall–Kier alpha value is -3.19. The maximum absolute atomic E-state index is 11.9. The highest BCUT2D eigenvalue weighted by Gasteiger charge is 2.39. The third-order valence-corrected chi connectivity index (χ3v) is 7.48. The van der Waals surface area contributed by atoms with Gasteiger partial charge in [-0.1, -0.05) is 41.6 Å². The number of carbonyl (C=O) groups is 1. The van der Waals surface area contributed by atoms with Gasteiger partial charge in [0, 0.05) is 11.8 Å². The fourth-order valence-corrected chi connectivity index (χ4v) is 5.67. The first-order chi connectivity index (χ1) is 16.7. The molecule has 2 heterocycles. The average molecular weight is 462 g/mol. The Morgan fingerprint density at radius 3 is 2.76 bits per heavy atom. The summed E-state index contributed by atoms with van der Waals surface area (Å²) in [5.74, 6) is -0.0530. The number of rotatable bonds is 8. The molecule has 2 unspecified atom stereocenters. The van der Waals surface area contributed by atoms with Gasteiger partial charge >= 0.3 is 5.97 Å². The molecule has 0 spiro atoms. The number of ether oxygens (including phenoxy) is 2. The predicted molar refractivity (Wildman–Crippen MR) is 130 cm³/mol. The molecule has 2 atom stereocenters. The van der Waals surface area contributed by atoms with Crippen molar-refractivity contribution in [2.24, 2.45) is 11.1 Å². The third kappa shape index (κ3) is 4.44. The number of benzene rings is 2. The molecule has 1 fully saturated rings. The van der Waals surface area contributed by atoms with Crippen LogP contribution in [0.25, 0.3) is 5.70 Å². The number of hydrogen-bond donors (Lipinski definition) is 1. The topological polar surface area (TPSA) is 80.2 Å². The number of methoxy groups -OCH3 is 1. The molecule has 2 aliphatic heterocycles. The van der Waals surface area contributed by atoms with E-state index in [-0.39, 0.29) is 30.1 Å². The van der Waals surface area contributed by atoms with Gasteiger partial charge < -0.3 is 19.7 Å². The minimum absolute atomic E-state index is 0.162. The van der Waals surface area contributed by atoms with Crippen LogP contribution in [-0.2, 0) is 16.1 Å². The molecular weight excluding hydrogens is 430 g/mol. The molecule has 34 heavy (non-hydrogen) atoms. The maximum Gasteiger partial charge on any atom is 0.337 e. The Morgan fingerprint density at radius 1 is 1.15 bits per heavy atom. The molecule has 0 aromatic heterocycles. The number of hydrogen-bond acceptors (Lipinski definition) is 7. The van der Waals surface area contributed by atoms with E-state index in [1.54, 1.807) is 6.07 Å². The largest absolute Gasteiger partial charge is 0.465 e. The Bertz CT molecular complexity index is 1080. The monoisotopic (exact) mass is 461 g/mol. The average Bonchev–Trinajstić information content (AvgIpc) is 3.48. The quantitative estimate of drug-likeness (QED) is 0.441. The second-order valence-electron chi connectivity index (χ2n) is 9.41. The standard InChI is InChI=1S/C27H31N3O4/c1-33-27(31)20-6-4-5-18(13-20)16-34-21-11-9-19(10-12-21)24(29-32)14-25-22-7-2-3-8-23(22)26-15-28-17-30(25)26/h2-8,13,15,19,21,24-25,28H,9-12,14,16-17H2,1H3/t19-,21-,24?,25?. The van der Waals surface area contributed by atoms with Crippen LogP contribution in [-0.4, -0.2) is 36.8 Å². The summed E-state index contributed by atoms with van der Waals surface area (Å²) in [4.78, 5) is 26.0. The first kappa shape index (κ1) is 22.6. The Balaban J connectivity index is 1.16. The molecule has 178 valence electrons. The number of nitroso groups, excluding NO2 is 1. The van der Waals surface area contributed by atoms with Crippen molar-refractivity contribution in [3.63, 3.8) is 0 Å². The van der Waals surface area contributed by atoms with Crippen molar-refractivity contribution in [2.75, 3.05) is 13.8 Å². The van der Waals surface area contributed by atoms with Crippen molar-refractivity contribution in [1.29, 1.82) is 0 Å².